The Balaban J connectivity index is 1.90. The Kier molecular flexibility index (Phi) is 6.26. The van der Waals surface area contributed by atoms with Crippen LogP contribution in [0.3, 0.4) is 0 Å². The van der Waals surface area contributed by atoms with Gasteiger partial charge in [0, 0.05) is 14.2 Å². The summed E-state index contributed by atoms with van der Waals surface area (Å²) in [4.78, 5) is 24.8. The van der Waals surface area contributed by atoms with Crippen molar-refractivity contribution < 1.29 is 14.3 Å². The van der Waals surface area contributed by atoms with Gasteiger partial charge in [-0.3, -0.25) is 4.79 Å². The highest BCUT2D eigenvalue weighted by Crippen LogP contribution is 2.19. The van der Waals surface area contributed by atoms with Crippen LogP contribution in [0.2, 0.25) is 0 Å². The van der Waals surface area contributed by atoms with Crippen molar-refractivity contribution in [1.29, 1.82) is 0 Å². The van der Waals surface area contributed by atoms with Gasteiger partial charge in [-0.1, -0.05) is 18.2 Å². The van der Waals surface area contributed by atoms with Crippen LogP contribution < -0.4 is 5.32 Å². The number of rotatable bonds is 5. The zero-order valence-corrected chi connectivity index (χ0v) is 14.8. The molecule has 0 aliphatic carbocycles. The third kappa shape index (κ3) is 4.74. The van der Waals surface area contributed by atoms with E-state index in [1.807, 2.05) is 36.6 Å². The normalized spacial score (nSPS) is 10.1. The highest BCUT2D eigenvalue weighted by atomic mass is 127. The Bertz CT molecular complexity index is 691. The molecular formula is C16H14INO3S. The van der Waals surface area contributed by atoms with Crippen LogP contribution in [0.25, 0.3) is 0 Å². The highest BCUT2D eigenvalue weighted by molar-refractivity contribution is 14.1. The maximum atomic E-state index is 11.9. The standard InChI is InChI=1S/C16H14INO3S/c1-22-12-6-4-5-11(9-12)18-15(19)10-21-16(20)13-7-2-3-8-14(13)17/h2-9H,10H2,1H3,(H,18,19). The van der Waals surface area contributed by atoms with Gasteiger partial charge in [0.05, 0.1) is 5.56 Å². The summed E-state index contributed by atoms with van der Waals surface area (Å²) in [6, 6.07) is 14.5. The molecule has 0 saturated heterocycles. The molecule has 22 heavy (non-hydrogen) atoms. The van der Waals surface area contributed by atoms with Crippen molar-refractivity contribution in [3.63, 3.8) is 0 Å². The molecule has 0 fully saturated rings. The lowest BCUT2D eigenvalue weighted by Gasteiger charge is -2.08. The minimum Gasteiger partial charge on any atom is -0.452 e. The van der Waals surface area contributed by atoms with Crippen LogP contribution in [0.15, 0.2) is 53.4 Å². The number of anilines is 1. The molecule has 0 bridgehead atoms. The zero-order valence-electron chi connectivity index (χ0n) is 11.8. The highest BCUT2D eigenvalue weighted by Gasteiger charge is 2.12. The molecule has 6 heteroatoms. The first-order valence-corrected chi connectivity index (χ1v) is 8.76. The van der Waals surface area contributed by atoms with Gasteiger partial charge in [-0.25, -0.2) is 4.79 Å². The van der Waals surface area contributed by atoms with E-state index in [2.05, 4.69) is 27.9 Å². The molecule has 2 aromatic carbocycles. The summed E-state index contributed by atoms with van der Waals surface area (Å²) in [5.41, 5.74) is 1.14. The summed E-state index contributed by atoms with van der Waals surface area (Å²) in [5, 5.41) is 2.71. The average Bonchev–Trinajstić information content (AvgIpc) is 2.53. The van der Waals surface area contributed by atoms with E-state index >= 15 is 0 Å². The minimum absolute atomic E-state index is 0.312. The van der Waals surface area contributed by atoms with Crippen molar-refractivity contribution >= 4 is 51.9 Å². The molecule has 0 aliphatic heterocycles. The number of hydrogen-bond acceptors (Lipinski definition) is 4. The fourth-order valence-electron chi connectivity index (χ4n) is 1.73. The maximum Gasteiger partial charge on any atom is 0.339 e. The summed E-state index contributed by atoms with van der Waals surface area (Å²) in [7, 11) is 0. The van der Waals surface area contributed by atoms with Crippen molar-refractivity contribution in [3.8, 4) is 0 Å². The van der Waals surface area contributed by atoms with Gasteiger partial charge in [0.1, 0.15) is 0 Å². The average molecular weight is 427 g/mol. The van der Waals surface area contributed by atoms with Crippen molar-refractivity contribution in [2.45, 2.75) is 4.90 Å². The first kappa shape index (κ1) is 16.8. The summed E-state index contributed by atoms with van der Waals surface area (Å²) < 4.78 is 5.83. The lowest BCUT2D eigenvalue weighted by Crippen LogP contribution is -2.21. The largest absolute Gasteiger partial charge is 0.452 e. The molecule has 0 aliphatic rings. The van der Waals surface area contributed by atoms with Gasteiger partial charge in [0.25, 0.3) is 5.91 Å². The first-order chi connectivity index (χ1) is 10.6. The zero-order chi connectivity index (χ0) is 15.9. The van der Waals surface area contributed by atoms with Gasteiger partial charge in [0.2, 0.25) is 0 Å². The second-order valence-electron chi connectivity index (χ2n) is 4.34. The van der Waals surface area contributed by atoms with E-state index in [9.17, 15) is 9.59 Å². The van der Waals surface area contributed by atoms with Crippen molar-refractivity contribution in [3.05, 3.63) is 57.7 Å². The van der Waals surface area contributed by atoms with Crippen molar-refractivity contribution in [2.24, 2.45) is 0 Å². The number of carbonyl (C=O) groups excluding carboxylic acids is 2. The van der Waals surface area contributed by atoms with Gasteiger partial charge >= 0.3 is 5.97 Å². The quantitative estimate of drug-likeness (QED) is 0.448. The monoisotopic (exact) mass is 427 g/mol. The SMILES string of the molecule is CSc1cccc(NC(=O)COC(=O)c2ccccc2I)c1. The summed E-state index contributed by atoms with van der Waals surface area (Å²) >= 11 is 3.65. The number of benzene rings is 2. The predicted octanol–water partition coefficient (Wildman–Crippen LogP) is 3.81. The molecule has 114 valence electrons. The molecule has 0 aromatic heterocycles. The van der Waals surface area contributed by atoms with Crippen molar-refractivity contribution in [2.75, 3.05) is 18.2 Å². The van der Waals surface area contributed by atoms with Gasteiger partial charge in [-0.15, -0.1) is 11.8 Å². The fourth-order valence-corrected chi connectivity index (χ4v) is 2.80. The number of carbonyl (C=O) groups is 2. The van der Waals surface area contributed by atoms with E-state index in [1.165, 1.54) is 0 Å². The Labute approximate surface area is 146 Å². The van der Waals surface area contributed by atoms with E-state index < -0.39 is 5.97 Å². The van der Waals surface area contributed by atoms with Crippen LogP contribution in [-0.4, -0.2) is 24.7 Å². The lowest BCUT2D eigenvalue weighted by molar-refractivity contribution is -0.119. The predicted molar refractivity (Wildman–Crippen MR) is 96.3 cm³/mol. The number of nitrogens with one attached hydrogen (secondary N) is 1. The molecule has 0 heterocycles. The molecule has 1 amide bonds. The molecule has 2 aromatic rings. The fraction of sp³-hybridized carbons (Fsp3) is 0.125. The topological polar surface area (TPSA) is 55.4 Å². The van der Waals surface area contributed by atoms with Crippen LogP contribution >= 0.6 is 34.4 Å². The molecule has 0 radical (unpaired) electrons. The number of thioether (sulfide) groups is 1. The smallest absolute Gasteiger partial charge is 0.339 e. The Morgan fingerprint density at radius 3 is 2.68 bits per heavy atom. The minimum atomic E-state index is -0.502. The van der Waals surface area contributed by atoms with Crippen LogP contribution in [-0.2, 0) is 9.53 Å². The molecule has 0 atom stereocenters. The number of halogens is 1. The molecule has 0 spiro atoms. The van der Waals surface area contributed by atoms with Crippen LogP contribution in [0, 0.1) is 3.57 Å². The van der Waals surface area contributed by atoms with E-state index in [4.69, 9.17) is 4.74 Å². The maximum absolute atomic E-state index is 11.9. The number of amides is 1. The first-order valence-electron chi connectivity index (χ1n) is 6.45. The number of ether oxygens (including phenoxy) is 1. The summed E-state index contributed by atoms with van der Waals surface area (Å²) in [6.45, 7) is -0.312. The second kappa shape index (κ2) is 8.19. The summed E-state index contributed by atoms with van der Waals surface area (Å²) in [6.07, 6.45) is 1.96. The Hall–Kier alpha value is -1.54. The third-order valence-electron chi connectivity index (χ3n) is 2.78. The lowest BCUT2D eigenvalue weighted by atomic mass is 10.2. The molecule has 1 N–H and O–H groups in total. The van der Waals surface area contributed by atoms with Gasteiger partial charge in [-0.2, -0.15) is 0 Å². The Morgan fingerprint density at radius 2 is 1.95 bits per heavy atom. The van der Waals surface area contributed by atoms with Crippen LogP contribution in [0.1, 0.15) is 10.4 Å². The Morgan fingerprint density at radius 1 is 1.18 bits per heavy atom. The van der Waals surface area contributed by atoms with E-state index in [1.54, 1.807) is 30.0 Å². The molecule has 2 rings (SSSR count). The van der Waals surface area contributed by atoms with Gasteiger partial charge in [-0.05, 0) is 59.2 Å². The van der Waals surface area contributed by atoms with Crippen LogP contribution in [0.4, 0.5) is 5.69 Å². The molecule has 4 nitrogen and oxygen atoms in total. The molecule has 0 saturated carbocycles. The second-order valence-corrected chi connectivity index (χ2v) is 6.38. The number of esters is 1. The molecular weight excluding hydrogens is 413 g/mol. The van der Waals surface area contributed by atoms with Gasteiger partial charge < -0.3 is 10.1 Å². The summed E-state index contributed by atoms with van der Waals surface area (Å²) in [5.74, 6) is -0.865. The van der Waals surface area contributed by atoms with Gasteiger partial charge in [0.15, 0.2) is 6.61 Å². The van der Waals surface area contributed by atoms with E-state index in [0.717, 1.165) is 8.47 Å². The van der Waals surface area contributed by atoms with Crippen molar-refractivity contribution in [1.82, 2.24) is 0 Å². The van der Waals surface area contributed by atoms with E-state index in [0.29, 0.717) is 11.3 Å². The number of hydrogen-bond donors (Lipinski definition) is 1. The van der Waals surface area contributed by atoms with E-state index in [-0.39, 0.29) is 12.5 Å². The third-order valence-corrected chi connectivity index (χ3v) is 4.45. The van der Waals surface area contributed by atoms with Crippen LogP contribution in [0.5, 0.6) is 0 Å². The molecule has 0 unspecified atom stereocenters.